The molecule has 3 aromatic heterocycles. The van der Waals surface area contributed by atoms with Crippen LogP contribution in [0, 0.1) is 5.92 Å². The summed E-state index contributed by atoms with van der Waals surface area (Å²) in [7, 11) is 0. The van der Waals surface area contributed by atoms with Gasteiger partial charge in [0.15, 0.2) is 11.0 Å². The fourth-order valence-corrected chi connectivity index (χ4v) is 3.94. The smallest absolute Gasteiger partial charge is 0.199 e. The van der Waals surface area contributed by atoms with Gasteiger partial charge in [0.1, 0.15) is 24.1 Å². The Kier molecular flexibility index (Phi) is 5.62. The number of nitrogens with one attached hydrogen (secondary N) is 1. The minimum Gasteiger partial charge on any atom is -0.448 e. The van der Waals surface area contributed by atoms with E-state index in [2.05, 4.69) is 15.3 Å². The van der Waals surface area contributed by atoms with Crippen LogP contribution in [0.5, 0.6) is 0 Å². The molecule has 2 N–H and O–H groups in total. The Morgan fingerprint density at radius 3 is 2.90 bits per heavy atom. The molecule has 3 aromatic rings. The third-order valence-corrected chi connectivity index (χ3v) is 5.83. The molecule has 158 valence electrons. The van der Waals surface area contributed by atoms with Crippen molar-refractivity contribution in [3.63, 3.8) is 0 Å². The zero-order chi connectivity index (χ0) is 21.4. The van der Waals surface area contributed by atoms with Crippen molar-refractivity contribution in [3.05, 3.63) is 65.2 Å². The van der Waals surface area contributed by atoms with Gasteiger partial charge in [0.25, 0.3) is 0 Å². The van der Waals surface area contributed by atoms with E-state index in [1.54, 1.807) is 37.5 Å². The van der Waals surface area contributed by atoms with Gasteiger partial charge in [-0.25, -0.2) is 14.4 Å². The van der Waals surface area contributed by atoms with Crippen LogP contribution in [-0.2, 0) is 0 Å². The molecule has 4 rings (SSSR count). The van der Waals surface area contributed by atoms with E-state index in [4.69, 9.17) is 16.0 Å². The topological polar surface area (TPSA) is 93.2 Å². The standard InChI is InChI=1S/C21H22ClFN4O3/c1-11-7-15(18(23)19(11)28)26-21-14(8-24-10-25-21)20(29)13-5-6-27(9-13)12(2)16-3-4-17(22)30-16/h3-6,8-12,15,18-19,28H,7H2,1-2H3,(H,24,25,26)/t11-,12+,15-,18-,19-/m1/s1. The van der Waals surface area contributed by atoms with E-state index in [1.807, 2.05) is 11.5 Å². The molecular weight excluding hydrogens is 411 g/mol. The second kappa shape index (κ2) is 8.20. The predicted molar refractivity (Wildman–Crippen MR) is 110 cm³/mol. The van der Waals surface area contributed by atoms with Crippen molar-refractivity contribution in [3.8, 4) is 0 Å². The summed E-state index contributed by atoms with van der Waals surface area (Å²) in [5.41, 5.74) is 0.680. The van der Waals surface area contributed by atoms with Crippen molar-refractivity contribution in [1.29, 1.82) is 0 Å². The summed E-state index contributed by atoms with van der Waals surface area (Å²) in [6.45, 7) is 3.72. The van der Waals surface area contributed by atoms with Crippen LogP contribution in [0.2, 0.25) is 5.22 Å². The van der Waals surface area contributed by atoms with Gasteiger partial charge in [-0.2, -0.15) is 0 Å². The first-order chi connectivity index (χ1) is 14.3. The molecule has 0 unspecified atom stereocenters. The van der Waals surface area contributed by atoms with Gasteiger partial charge in [0.05, 0.1) is 23.8 Å². The molecule has 1 fully saturated rings. The normalized spacial score (nSPS) is 24.7. The van der Waals surface area contributed by atoms with Crippen LogP contribution in [0.3, 0.4) is 0 Å². The zero-order valence-corrected chi connectivity index (χ0v) is 17.3. The van der Waals surface area contributed by atoms with Crippen LogP contribution in [0.1, 0.15) is 48.0 Å². The van der Waals surface area contributed by atoms with Gasteiger partial charge in [-0.15, -0.1) is 0 Å². The molecule has 1 aliphatic rings. The highest BCUT2D eigenvalue weighted by Gasteiger charge is 2.41. The third kappa shape index (κ3) is 3.85. The lowest BCUT2D eigenvalue weighted by Gasteiger charge is -2.18. The average Bonchev–Trinajstić information content (AvgIpc) is 3.45. The van der Waals surface area contributed by atoms with Gasteiger partial charge in [-0.1, -0.05) is 6.92 Å². The summed E-state index contributed by atoms with van der Waals surface area (Å²) < 4.78 is 21.7. The summed E-state index contributed by atoms with van der Waals surface area (Å²) >= 11 is 5.85. The Morgan fingerprint density at radius 1 is 1.43 bits per heavy atom. The molecule has 5 atom stereocenters. The number of nitrogens with zero attached hydrogens (tertiary/aromatic N) is 3. The van der Waals surface area contributed by atoms with Crippen LogP contribution in [-0.4, -0.2) is 43.7 Å². The van der Waals surface area contributed by atoms with Crippen molar-refractivity contribution < 1.29 is 18.7 Å². The average molecular weight is 433 g/mol. The number of aliphatic hydroxyl groups excluding tert-OH is 1. The van der Waals surface area contributed by atoms with Crippen molar-refractivity contribution in [2.24, 2.45) is 5.92 Å². The first-order valence-electron chi connectivity index (χ1n) is 9.71. The molecule has 0 spiro atoms. The number of rotatable bonds is 6. The second-order valence-electron chi connectivity index (χ2n) is 7.68. The Bertz CT molecular complexity index is 1050. The highest BCUT2D eigenvalue weighted by atomic mass is 35.5. The predicted octanol–water partition coefficient (Wildman–Crippen LogP) is 3.88. The molecule has 7 nitrogen and oxygen atoms in total. The van der Waals surface area contributed by atoms with Crippen LogP contribution >= 0.6 is 11.6 Å². The molecule has 1 aliphatic carbocycles. The van der Waals surface area contributed by atoms with Crippen molar-refractivity contribution in [2.75, 3.05) is 5.32 Å². The van der Waals surface area contributed by atoms with Crippen molar-refractivity contribution >= 4 is 23.2 Å². The summed E-state index contributed by atoms with van der Waals surface area (Å²) in [5.74, 6) is 0.457. The number of ketones is 1. The third-order valence-electron chi connectivity index (χ3n) is 5.63. The molecule has 0 aliphatic heterocycles. The molecule has 9 heteroatoms. The molecule has 3 heterocycles. The van der Waals surface area contributed by atoms with Gasteiger partial charge in [0, 0.05) is 24.2 Å². The first kappa shape index (κ1) is 20.6. The SMILES string of the molecule is C[C@@H]1C[C@@H](Nc2ncncc2C(=O)c2ccn([C@@H](C)c3ccc(Cl)o3)c2)[C@@H](F)[C@@H]1O. The van der Waals surface area contributed by atoms with Crippen molar-refractivity contribution in [1.82, 2.24) is 14.5 Å². The van der Waals surface area contributed by atoms with E-state index in [-0.39, 0.29) is 29.1 Å². The second-order valence-corrected chi connectivity index (χ2v) is 8.05. The van der Waals surface area contributed by atoms with Gasteiger partial charge in [-0.05, 0) is 49.1 Å². The van der Waals surface area contributed by atoms with E-state index in [1.165, 1.54) is 12.5 Å². The number of carbonyl (C=O) groups is 1. The quantitative estimate of drug-likeness (QED) is 0.574. The molecule has 1 saturated carbocycles. The monoisotopic (exact) mass is 432 g/mol. The van der Waals surface area contributed by atoms with Crippen LogP contribution in [0.15, 0.2) is 47.5 Å². The molecule has 0 bridgehead atoms. The molecule has 0 radical (unpaired) electrons. The zero-order valence-electron chi connectivity index (χ0n) is 16.5. The lowest BCUT2D eigenvalue weighted by atomic mass is 10.1. The maximum absolute atomic E-state index is 14.4. The molecule has 0 aromatic carbocycles. The molecule has 0 saturated heterocycles. The first-order valence-corrected chi connectivity index (χ1v) is 10.1. The summed E-state index contributed by atoms with van der Waals surface area (Å²) in [6.07, 6.45) is 4.17. The van der Waals surface area contributed by atoms with Gasteiger partial charge < -0.3 is 19.4 Å². The van der Waals surface area contributed by atoms with Gasteiger partial charge in [0.2, 0.25) is 0 Å². The Labute approximate surface area is 177 Å². The highest BCUT2D eigenvalue weighted by molar-refractivity contribution is 6.28. The maximum atomic E-state index is 14.4. The van der Waals surface area contributed by atoms with Crippen LogP contribution in [0.25, 0.3) is 0 Å². The lowest BCUT2D eigenvalue weighted by molar-refractivity contribution is 0.0725. The van der Waals surface area contributed by atoms with E-state index in [9.17, 15) is 14.3 Å². The number of halogens is 2. The Morgan fingerprint density at radius 2 is 2.23 bits per heavy atom. The summed E-state index contributed by atoms with van der Waals surface area (Å²) in [6, 6.07) is 4.37. The van der Waals surface area contributed by atoms with E-state index < -0.39 is 18.3 Å². The molecule has 30 heavy (non-hydrogen) atoms. The van der Waals surface area contributed by atoms with Crippen molar-refractivity contribution in [2.45, 2.75) is 44.6 Å². The lowest BCUT2D eigenvalue weighted by Crippen LogP contribution is -2.32. The van der Waals surface area contributed by atoms with Gasteiger partial charge >= 0.3 is 0 Å². The van der Waals surface area contributed by atoms with E-state index >= 15 is 0 Å². The maximum Gasteiger partial charge on any atom is 0.199 e. The Balaban J connectivity index is 1.55. The summed E-state index contributed by atoms with van der Waals surface area (Å²) in [4.78, 5) is 21.2. The van der Waals surface area contributed by atoms with E-state index in [0.29, 0.717) is 23.0 Å². The number of anilines is 1. The number of aromatic nitrogens is 3. The number of hydrogen-bond donors (Lipinski definition) is 2. The largest absolute Gasteiger partial charge is 0.448 e. The number of alkyl halides is 1. The number of aliphatic hydroxyl groups is 1. The summed E-state index contributed by atoms with van der Waals surface area (Å²) in [5, 5.41) is 13.2. The number of furan rings is 1. The minimum absolute atomic E-state index is 0.155. The van der Waals surface area contributed by atoms with Crippen LogP contribution in [0.4, 0.5) is 10.2 Å². The highest BCUT2D eigenvalue weighted by Crippen LogP contribution is 2.31. The fraction of sp³-hybridized carbons (Fsp3) is 0.381. The van der Waals surface area contributed by atoms with E-state index in [0.717, 1.165) is 0 Å². The Hall–Kier alpha value is -2.71. The molecule has 0 amide bonds. The van der Waals surface area contributed by atoms with Crippen LogP contribution < -0.4 is 5.32 Å². The van der Waals surface area contributed by atoms with Gasteiger partial charge in [-0.3, -0.25) is 4.79 Å². The minimum atomic E-state index is -1.43. The number of hydrogen-bond acceptors (Lipinski definition) is 6. The number of carbonyl (C=O) groups excluding carboxylic acids is 1. The molecular formula is C21H22ClFN4O3. The fourth-order valence-electron chi connectivity index (χ4n) is 3.79.